The predicted octanol–water partition coefficient (Wildman–Crippen LogP) is 6.75. The Balaban J connectivity index is 2.18. The zero-order valence-corrected chi connectivity index (χ0v) is 18.3. The number of aromatic nitrogens is 3. The number of benzene rings is 1. The van der Waals surface area contributed by atoms with Gasteiger partial charge in [-0.3, -0.25) is 4.68 Å². The highest BCUT2D eigenvalue weighted by molar-refractivity contribution is 6.34. The van der Waals surface area contributed by atoms with Gasteiger partial charge >= 0.3 is 6.36 Å². The summed E-state index contributed by atoms with van der Waals surface area (Å²) in [4.78, 5) is 4.64. The van der Waals surface area contributed by atoms with Gasteiger partial charge in [-0.1, -0.05) is 37.0 Å². The van der Waals surface area contributed by atoms with E-state index in [9.17, 15) is 13.2 Å². The number of hydrogen-bond acceptors (Lipinski definition) is 4. The molecule has 0 aliphatic carbocycles. The summed E-state index contributed by atoms with van der Waals surface area (Å²) >= 11 is 12.6. The van der Waals surface area contributed by atoms with Crippen molar-refractivity contribution in [1.29, 1.82) is 0 Å². The fraction of sp³-hybridized carbons (Fsp3) is 0.400. The molecule has 30 heavy (non-hydrogen) atoms. The van der Waals surface area contributed by atoms with Crippen LogP contribution in [0.2, 0.25) is 10.0 Å². The molecule has 0 fully saturated rings. The third-order valence-electron chi connectivity index (χ3n) is 4.90. The van der Waals surface area contributed by atoms with Gasteiger partial charge in [-0.25, -0.2) is 4.98 Å². The summed E-state index contributed by atoms with van der Waals surface area (Å²) in [7, 11) is 3.11. The first kappa shape index (κ1) is 22.5. The van der Waals surface area contributed by atoms with Gasteiger partial charge < -0.3 is 9.47 Å². The second-order valence-corrected chi connectivity index (χ2v) is 7.56. The Kier molecular flexibility index (Phi) is 6.38. The molecule has 0 saturated heterocycles. The van der Waals surface area contributed by atoms with Crippen molar-refractivity contribution in [3.8, 4) is 22.8 Å². The van der Waals surface area contributed by atoms with Crippen LogP contribution >= 0.6 is 23.2 Å². The van der Waals surface area contributed by atoms with Crippen LogP contribution in [0.3, 0.4) is 0 Å². The molecule has 1 aromatic carbocycles. The Hall–Kier alpha value is -2.19. The van der Waals surface area contributed by atoms with Crippen LogP contribution in [0.5, 0.6) is 11.5 Å². The number of ether oxygens (including phenoxy) is 2. The summed E-state index contributed by atoms with van der Waals surface area (Å²) in [5, 5.41) is 5.51. The number of pyridine rings is 1. The van der Waals surface area contributed by atoms with Gasteiger partial charge in [-0.05, 0) is 25.0 Å². The number of hydrogen-bond donors (Lipinski definition) is 0. The number of fused-ring (bicyclic) bond motifs is 1. The topological polar surface area (TPSA) is 49.2 Å². The van der Waals surface area contributed by atoms with Crippen molar-refractivity contribution < 1.29 is 22.6 Å². The number of aryl methyl sites for hydroxylation is 1. The van der Waals surface area contributed by atoms with Crippen molar-refractivity contribution in [2.45, 2.75) is 39.0 Å². The van der Waals surface area contributed by atoms with Crippen LogP contribution in [-0.4, -0.2) is 28.2 Å². The van der Waals surface area contributed by atoms with Crippen molar-refractivity contribution in [2.24, 2.45) is 7.05 Å². The molecule has 2 aromatic heterocycles. The Morgan fingerprint density at radius 2 is 1.73 bits per heavy atom. The van der Waals surface area contributed by atoms with Gasteiger partial charge in [0, 0.05) is 30.0 Å². The number of alkyl halides is 3. The predicted molar refractivity (Wildman–Crippen MR) is 111 cm³/mol. The maximum atomic E-state index is 12.6. The molecular weight excluding hydrogens is 442 g/mol. The molecule has 2 heterocycles. The van der Waals surface area contributed by atoms with Gasteiger partial charge in [-0.2, -0.15) is 5.10 Å². The highest BCUT2D eigenvalue weighted by Gasteiger charge is 2.33. The molecule has 0 amide bonds. The minimum atomic E-state index is -4.88. The molecule has 0 radical (unpaired) electrons. The highest BCUT2D eigenvalue weighted by Crippen LogP contribution is 2.43. The average Bonchev–Trinajstić information content (AvgIpc) is 2.98. The van der Waals surface area contributed by atoms with Crippen LogP contribution in [0.4, 0.5) is 13.2 Å². The highest BCUT2D eigenvalue weighted by atomic mass is 35.5. The van der Waals surface area contributed by atoms with Gasteiger partial charge in [0.05, 0.1) is 28.5 Å². The van der Waals surface area contributed by atoms with Crippen molar-refractivity contribution >= 4 is 34.2 Å². The third kappa shape index (κ3) is 4.30. The molecule has 0 aliphatic rings. The largest absolute Gasteiger partial charge is 0.573 e. The zero-order chi connectivity index (χ0) is 22.2. The minimum Gasteiger partial charge on any atom is -0.496 e. The first-order chi connectivity index (χ1) is 14.1. The van der Waals surface area contributed by atoms with Crippen LogP contribution in [0.15, 0.2) is 18.2 Å². The van der Waals surface area contributed by atoms with E-state index in [2.05, 4.69) is 28.7 Å². The SMILES string of the molecule is CCC(CC)c1nn(C)c2nc(-c3cc(Cl)c(OC(F)(F)F)cc3OC)c(Cl)cc12. The Morgan fingerprint density at radius 3 is 2.30 bits per heavy atom. The Bertz CT molecular complexity index is 1080. The molecule has 5 nitrogen and oxygen atoms in total. The molecule has 0 saturated carbocycles. The molecule has 3 rings (SSSR count). The smallest absolute Gasteiger partial charge is 0.496 e. The van der Waals surface area contributed by atoms with E-state index in [4.69, 9.17) is 27.9 Å². The van der Waals surface area contributed by atoms with E-state index in [1.165, 1.54) is 13.2 Å². The number of methoxy groups -OCH3 is 1. The van der Waals surface area contributed by atoms with E-state index in [1.807, 2.05) is 0 Å². The first-order valence-electron chi connectivity index (χ1n) is 9.26. The van der Waals surface area contributed by atoms with Crippen molar-refractivity contribution in [3.63, 3.8) is 0 Å². The summed E-state index contributed by atoms with van der Waals surface area (Å²) in [5.74, 6) is -0.214. The lowest BCUT2D eigenvalue weighted by atomic mass is 9.97. The normalized spacial score (nSPS) is 12.1. The average molecular weight is 462 g/mol. The van der Waals surface area contributed by atoms with Gasteiger partial charge in [-0.15, -0.1) is 13.2 Å². The maximum Gasteiger partial charge on any atom is 0.573 e. The molecular formula is C20H20Cl2F3N3O2. The molecule has 0 unspecified atom stereocenters. The molecule has 3 aromatic rings. The Labute approximate surface area is 181 Å². The monoisotopic (exact) mass is 461 g/mol. The van der Waals surface area contributed by atoms with E-state index in [-0.39, 0.29) is 16.7 Å². The fourth-order valence-corrected chi connectivity index (χ4v) is 3.89. The molecule has 10 heteroatoms. The van der Waals surface area contributed by atoms with Gasteiger partial charge in [0.25, 0.3) is 0 Å². The lowest BCUT2D eigenvalue weighted by Gasteiger charge is -2.15. The molecule has 0 atom stereocenters. The molecule has 0 aliphatic heterocycles. The summed E-state index contributed by atoms with van der Waals surface area (Å²) in [6.45, 7) is 4.19. The Morgan fingerprint density at radius 1 is 1.07 bits per heavy atom. The van der Waals surface area contributed by atoms with Crippen molar-refractivity contribution in [3.05, 3.63) is 33.9 Å². The van der Waals surface area contributed by atoms with Gasteiger partial charge in [0.1, 0.15) is 5.75 Å². The quantitative estimate of drug-likeness (QED) is 0.407. The summed E-state index contributed by atoms with van der Waals surface area (Å²) in [6, 6.07) is 4.12. The second kappa shape index (κ2) is 8.51. The second-order valence-electron chi connectivity index (χ2n) is 6.74. The van der Waals surface area contributed by atoms with E-state index in [0.717, 1.165) is 30.0 Å². The minimum absolute atomic E-state index is 0.0924. The lowest BCUT2D eigenvalue weighted by Crippen LogP contribution is -2.17. The fourth-order valence-electron chi connectivity index (χ4n) is 3.43. The maximum absolute atomic E-state index is 12.6. The van der Waals surface area contributed by atoms with Crippen LogP contribution < -0.4 is 9.47 Å². The van der Waals surface area contributed by atoms with E-state index >= 15 is 0 Å². The van der Waals surface area contributed by atoms with Crippen molar-refractivity contribution in [2.75, 3.05) is 7.11 Å². The summed E-state index contributed by atoms with van der Waals surface area (Å²) < 4.78 is 48.8. The van der Waals surface area contributed by atoms with Gasteiger partial charge in [0.15, 0.2) is 11.4 Å². The molecule has 0 bridgehead atoms. The standard InChI is InChI=1S/C20H20Cl2F3N3O2/c1-5-10(6-2)17-12-8-14(22)18(26-19(12)28(3)27-17)11-7-13(21)16(9-15(11)29-4)30-20(23,24)25/h7-10H,5-6H2,1-4H3. The number of halogens is 5. The number of nitrogens with zero attached hydrogens (tertiary/aromatic N) is 3. The summed E-state index contributed by atoms with van der Waals surface area (Å²) in [5.41, 5.74) is 2.18. The molecule has 0 spiro atoms. The van der Waals surface area contributed by atoms with Crippen molar-refractivity contribution in [1.82, 2.24) is 14.8 Å². The van der Waals surface area contributed by atoms with E-state index in [0.29, 0.717) is 21.9 Å². The molecule has 0 N–H and O–H groups in total. The summed E-state index contributed by atoms with van der Waals surface area (Å²) in [6.07, 6.45) is -3.04. The van der Waals surface area contributed by atoms with E-state index < -0.39 is 12.1 Å². The van der Waals surface area contributed by atoms with Crippen LogP contribution in [-0.2, 0) is 7.05 Å². The number of rotatable bonds is 6. The van der Waals surface area contributed by atoms with E-state index in [1.54, 1.807) is 17.8 Å². The molecule has 162 valence electrons. The zero-order valence-electron chi connectivity index (χ0n) is 16.8. The third-order valence-corrected chi connectivity index (χ3v) is 5.49. The van der Waals surface area contributed by atoms with Crippen LogP contribution in [0.25, 0.3) is 22.3 Å². The first-order valence-corrected chi connectivity index (χ1v) is 10.0. The van der Waals surface area contributed by atoms with Crippen LogP contribution in [0, 0.1) is 0 Å². The lowest BCUT2D eigenvalue weighted by molar-refractivity contribution is -0.274. The van der Waals surface area contributed by atoms with Gasteiger partial charge in [0.2, 0.25) is 0 Å². The van der Waals surface area contributed by atoms with Crippen LogP contribution in [0.1, 0.15) is 38.3 Å².